The van der Waals surface area contributed by atoms with Gasteiger partial charge >= 0.3 is 17.6 Å². The Hall–Kier alpha value is -3.59. The van der Waals surface area contributed by atoms with Crippen molar-refractivity contribution in [1.82, 2.24) is 0 Å². The molecular weight excluding hydrogens is 440 g/mol. The minimum absolute atomic E-state index is 0.224. The first-order chi connectivity index (χ1) is 15.0. The van der Waals surface area contributed by atoms with Crippen molar-refractivity contribution in [2.45, 2.75) is 37.1 Å². The first-order valence-electron chi connectivity index (χ1n) is 8.95. The number of carboxylic acids is 1. The maximum atomic E-state index is 11.4. The number of hydrogen-bond acceptors (Lipinski definition) is 13. The zero-order chi connectivity index (χ0) is 23.7. The predicted octanol–water partition coefficient (Wildman–Crippen LogP) is -1.89. The maximum absolute atomic E-state index is 11.4. The second kappa shape index (κ2) is 8.88. The Morgan fingerprint density at radius 3 is 2.31 bits per heavy atom. The van der Waals surface area contributed by atoms with Crippen molar-refractivity contribution in [3.63, 3.8) is 0 Å². The molecule has 0 bridgehead atoms. The number of aliphatic hydroxyl groups is 3. The fourth-order valence-electron chi connectivity index (χ4n) is 2.96. The van der Waals surface area contributed by atoms with Gasteiger partial charge in [0.15, 0.2) is 11.3 Å². The van der Waals surface area contributed by atoms with E-state index in [1.54, 1.807) is 0 Å². The number of esters is 1. The number of phenolic OH excluding ortho intramolecular Hbond substituents is 3. The Morgan fingerprint density at radius 1 is 0.969 bits per heavy atom. The number of hydrogen-bond donors (Lipinski definition) is 7. The van der Waals surface area contributed by atoms with Crippen molar-refractivity contribution < 1.29 is 64.0 Å². The number of carbonyl (C=O) groups excluding carboxylic acids is 1. The number of benzene rings is 1. The van der Waals surface area contributed by atoms with Crippen molar-refractivity contribution in [2.24, 2.45) is 0 Å². The van der Waals surface area contributed by atoms with Gasteiger partial charge in [-0.3, -0.25) is 9.59 Å². The molecular formula is C18H18O14. The third kappa shape index (κ3) is 4.38. The number of fused-ring (bicyclic) bond motifs is 1. The van der Waals surface area contributed by atoms with Crippen LogP contribution in [0.15, 0.2) is 21.3 Å². The van der Waals surface area contributed by atoms with Crippen LogP contribution in [0.5, 0.6) is 23.0 Å². The van der Waals surface area contributed by atoms with Crippen LogP contribution in [0.1, 0.15) is 6.42 Å². The van der Waals surface area contributed by atoms with Crippen LogP contribution in [0.3, 0.4) is 0 Å². The lowest BCUT2D eigenvalue weighted by atomic mass is 9.99. The van der Waals surface area contributed by atoms with Crippen LogP contribution < -0.4 is 10.4 Å². The molecule has 5 atom stereocenters. The lowest BCUT2D eigenvalue weighted by Gasteiger charge is -2.40. The topological polar surface area (TPSA) is 234 Å². The molecule has 0 aliphatic carbocycles. The summed E-state index contributed by atoms with van der Waals surface area (Å²) in [5, 5.41) is 68.7. The smallest absolute Gasteiger partial charge is 0.336 e. The van der Waals surface area contributed by atoms with E-state index in [1.165, 1.54) is 0 Å². The highest BCUT2D eigenvalue weighted by Gasteiger charge is 2.46. The van der Waals surface area contributed by atoms with E-state index < -0.39 is 89.9 Å². The highest BCUT2D eigenvalue weighted by molar-refractivity contribution is 5.94. The van der Waals surface area contributed by atoms with Gasteiger partial charge in [-0.2, -0.15) is 0 Å². The molecule has 1 aliphatic rings. The normalized spacial score (nSPS) is 25.4. The molecule has 0 unspecified atom stereocenters. The summed E-state index contributed by atoms with van der Waals surface area (Å²) in [7, 11) is 0. The number of aromatic hydroxyl groups is 3. The fraction of sp³-hybridized carbons (Fsp3) is 0.389. The molecule has 2 heterocycles. The van der Waals surface area contributed by atoms with Gasteiger partial charge in [-0.1, -0.05) is 0 Å². The van der Waals surface area contributed by atoms with E-state index in [-0.39, 0.29) is 5.39 Å². The molecule has 1 aliphatic heterocycles. The second-order valence-corrected chi connectivity index (χ2v) is 6.76. The molecule has 174 valence electrons. The van der Waals surface area contributed by atoms with Crippen molar-refractivity contribution in [2.75, 3.05) is 6.61 Å². The molecule has 0 radical (unpaired) electrons. The fourth-order valence-corrected chi connectivity index (χ4v) is 2.96. The molecule has 0 amide bonds. The maximum Gasteiger partial charge on any atom is 0.336 e. The van der Waals surface area contributed by atoms with Crippen LogP contribution in [-0.2, 0) is 19.1 Å². The number of carboxylic acid groups (broad SMARTS) is 1. The molecule has 0 saturated carbocycles. The average Bonchev–Trinajstić information content (AvgIpc) is 2.73. The van der Waals surface area contributed by atoms with E-state index in [9.17, 15) is 45.0 Å². The van der Waals surface area contributed by atoms with Crippen LogP contribution in [0.2, 0.25) is 0 Å². The number of aliphatic carboxylic acids is 1. The SMILES string of the molecule is O=C(O)CC(=O)OC[C@H]1O[C@@H](Oc2c(O)c(O)c(O)c3oc(=O)ccc23)[C@H](O)[C@@H](O)[C@@H]1O. The molecule has 3 rings (SSSR count). The van der Waals surface area contributed by atoms with Crippen LogP contribution >= 0.6 is 0 Å². The summed E-state index contributed by atoms with van der Waals surface area (Å²) in [5.74, 6) is -6.34. The Morgan fingerprint density at radius 2 is 1.66 bits per heavy atom. The average molecular weight is 458 g/mol. The lowest BCUT2D eigenvalue weighted by Crippen LogP contribution is -2.60. The molecule has 0 spiro atoms. The molecule has 32 heavy (non-hydrogen) atoms. The molecule has 1 aromatic heterocycles. The van der Waals surface area contributed by atoms with Crippen molar-refractivity contribution in [3.8, 4) is 23.0 Å². The highest BCUT2D eigenvalue weighted by atomic mass is 16.7. The van der Waals surface area contributed by atoms with Gasteiger partial charge in [-0.05, 0) is 6.07 Å². The van der Waals surface area contributed by atoms with Gasteiger partial charge in [-0.25, -0.2) is 4.79 Å². The Balaban J connectivity index is 1.89. The number of ether oxygens (including phenoxy) is 3. The van der Waals surface area contributed by atoms with E-state index in [0.29, 0.717) is 0 Å². The Labute approximate surface area is 177 Å². The summed E-state index contributed by atoms with van der Waals surface area (Å²) in [6, 6.07) is 1.98. The lowest BCUT2D eigenvalue weighted by molar-refractivity contribution is -0.278. The van der Waals surface area contributed by atoms with Crippen LogP contribution in [-0.4, -0.2) is 85.0 Å². The number of aliphatic hydroxyl groups excluding tert-OH is 3. The van der Waals surface area contributed by atoms with Gasteiger partial charge in [0.1, 0.15) is 37.4 Å². The summed E-state index contributed by atoms with van der Waals surface area (Å²) in [6.07, 6.45) is -9.88. The van der Waals surface area contributed by atoms with E-state index in [0.717, 1.165) is 12.1 Å². The van der Waals surface area contributed by atoms with Gasteiger partial charge in [0.25, 0.3) is 0 Å². The standard InChI is InChI=1S/C18H18O14/c19-7(20)3-9(22)29-4-6-10(23)11(24)15(28)18(30-6)32-17-5-1-2-8(21)31-16(5)13(26)12(25)14(17)27/h1-2,6,10-11,15,18,23-28H,3-4H2,(H,19,20)/t6-,10-,11+,15-,18+/m1/s1. The summed E-state index contributed by atoms with van der Waals surface area (Å²) >= 11 is 0. The quantitative estimate of drug-likeness (QED) is 0.109. The Kier molecular flexibility index (Phi) is 6.40. The summed E-state index contributed by atoms with van der Waals surface area (Å²) < 4.78 is 20.1. The summed E-state index contributed by atoms with van der Waals surface area (Å²) in [4.78, 5) is 33.4. The zero-order valence-corrected chi connectivity index (χ0v) is 15.9. The number of phenols is 3. The van der Waals surface area contributed by atoms with Crippen LogP contribution in [0, 0.1) is 0 Å². The van der Waals surface area contributed by atoms with Crippen molar-refractivity contribution >= 4 is 22.9 Å². The van der Waals surface area contributed by atoms with Gasteiger partial charge < -0.3 is 54.4 Å². The van der Waals surface area contributed by atoms with E-state index in [4.69, 9.17) is 19.0 Å². The molecule has 1 fully saturated rings. The minimum Gasteiger partial charge on any atom is -0.502 e. The van der Waals surface area contributed by atoms with E-state index in [2.05, 4.69) is 4.74 Å². The highest BCUT2D eigenvalue weighted by Crippen LogP contribution is 2.49. The molecule has 7 N–H and O–H groups in total. The predicted molar refractivity (Wildman–Crippen MR) is 98.0 cm³/mol. The molecule has 2 aromatic rings. The van der Waals surface area contributed by atoms with Gasteiger partial charge in [-0.15, -0.1) is 0 Å². The van der Waals surface area contributed by atoms with E-state index in [1.807, 2.05) is 0 Å². The minimum atomic E-state index is -1.92. The monoisotopic (exact) mass is 458 g/mol. The number of carbonyl (C=O) groups is 2. The van der Waals surface area contributed by atoms with Gasteiger partial charge in [0.05, 0.1) is 5.39 Å². The van der Waals surface area contributed by atoms with Gasteiger partial charge in [0, 0.05) is 6.07 Å². The largest absolute Gasteiger partial charge is 0.502 e. The molecule has 14 nitrogen and oxygen atoms in total. The van der Waals surface area contributed by atoms with Crippen LogP contribution in [0.4, 0.5) is 0 Å². The molecule has 1 aromatic carbocycles. The second-order valence-electron chi connectivity index (χ2n) is 6.76. The number of rotatable bonds is 6. The van der Waals surface area contributed by atoms with Gasteiger partial charge in [0.2, 0.25) is 23.5 Å². The van der Waals surface area contributed by atoms with Crippen LogP contribution in [0.25, 0.3) is 11.0 Å². The molecule has 14 heteroatoms. The summed E-state index contributed by atoms with van der Waals surface area (Å²) in [5.41, 5.74) is -1.47. The van der Waals surface area contributed by atoms with E-state index >= 15 is 0 Å². The van der Waals surface area contributed by atoms with Crippen molar-refractivity contribution in [1.29, 1.82) is 0 Å². The third-order valence-corrected chi connectivity index (χ3v) is 4.56. The first kappa shape index (κ1) is 23.1. The molecule has 1 saturated heterocycles. The third-order valence-electron chi connectivity index (χ3n) is 4.56. The first-order valence-corrected chi connectivity index (χ1v) is 8.95. The summed E-state index contributed by atoms with van der Waals surface area (Å²) in [6.45, 7) is -0.723. The Bertz CT molecular complexity index is 1090. The van der Waals surface area contributed by atoms with Crippen molar-refractivity contribution in [3.05, 3.63) is 22.6 Å². The zero-order valence-electron chi connectivity index (χ0n) is 15.9.